The van der Waals surface area contributed by atoms with E-state index in [2.05, 4.69) is 10.3 Å². The Morgan fingerprint density at radius 2 is 2.33 bits per heavy atom. The van der Waals surface area contributed by atoms with Crippen molar-refractivity contribution in [2.45, 2.75) is 13.1 Å². The topological polar surface area (TPSA) is 84.2 Å². The van der Waals surface area contributed by atoms with Crippen molar-refractivity contribution in [2.24, 2.45) is 0 Å². The molecule has 0 saturated heterocycles. The summed E-state index contributed by atoms with van der Waals surface area (Å²) in [6, 6.07) is 3.22. The van der Waals surface area contributed by atoms with Gasteiger partial charge in [0, 0.05) is 17.8 Å². The number of carbonyl (C=O) groups is 2. The largest absolute Gasteiger partial charge is 0.480 e. The van der Waals surface area contributed by atoms with Crippen LogP contribution in [0.5, 0.6) is 0 Å². The van der Waals surface area contributed by atoms with Crippen molar-refractivity contribution in [2.75, 3.05) is 0 Å². The van der Waals surface area contributed by atoms with Crippen molar-refractivity contribution in [1.29, 1.82) is 0 Å². The van der Waals surface area contributed by atoms with Gasteiger partial charge < -0.3 is 15.0 Å². The molecule has 0 aliphatic heterocycles. The monoisotopic (exact) mass is 265 g/mol. The molecule has 1 amide bonds. The van der Waals surface area contributed by atoms with Gasteiger partial charge in [-0.05, 0) is 12.1 Å². The first-order chi connectivity index (χ1) is 8.66. The fourth-order valence-corrected chi connectivity index (χ4v) is 2.05. The molecular formula is C11H11N3O3S. The number of nitrogens with zero attached hydrogens (tertiary/aromatic N) is 2. The predicted octanol–water partition coefficient (Wildman–Crippen LogP) is 0.959. The zero-order valence-electron chi connectivity index (χ0n) is 9.37. The van der Waals surface area contributed by atoms with Crippen molar-refractivity contribution in [3.05, 3.63) is 40.6 Å². The number of carboxylic acid groups (broad SMARTS) is 1. The fourth-order valence-electron chi connectivity index (χ4n) is 1.49. The Morgan fingerprint density at radius 1 is 1.50 bits per heavy atom. The van der Waals surface area contributed by atoms with Crippen LogP contribution < -0.4 is 5.32 Å². The summed E-state index contributed by atoms with van der Waals surface area (Å²) in [5.41, 5.74) is 0.328. The molecule has 18 heavy (non-hydrogen) atoms. The normalized spacial score (nSPS) is 10.2. The van der Waals surface area contributed by atoms with E-state index in [-0.39, 0.29) is 12.5 Å². The van der Waals surface area contributed by atoms with Crippen LogP contribution in [0.3, 0.4) is 0 Å². The van der Waals surface area contributed by atoms with Gasteiger partial charge in [-0.1, -0.05) is 0 Å². The molecule has 0 unspecified atom stereocenters. The number of aliphatic carboxylic acids is 1. The van der Waals surface area contributed by atoms with Gasteiger partial charge in [-0.2, -0.15) is 0 Å². The summed E-state index contributed by atoms with van der Waals surface area (Å²) in [6.07, 6.45) is 3.23. The Kier molecular flexibility index (Phi) is 3.73. The van der Waals surface area contributed by atoms with E-state index in [1.54, 1.807) is 24.5 Å². The van der Waals surface area contributed by atoms with Crippen LogP contribution in [0.25, 0.3) is 0 Å². The number of thiazole rings is 1. The number of carbonyl (C=O) groups excluding carboxylic acids is 1. The minimum absolute atomic E-state index is 0.229. The number of hydrogen-bond donors (Lipinski definition) is 2. The van der Waals surface area contributed by atoms with Crippen LogP contribution in [0.2, 0.25) is 0 Å². The van der Waals surface area contributed by atoms with Gasteiger partial charge in [0.1, 0.15) is 17.2 Å². The lowest BCUT2D eigenvalue weighted by Gasteiger charge is -2.06. The Balaban J connectivity index is 2.00. The van der Waals surface area contributed by atoms with Gasteiger partial charge in [-0.15, -0.1) is 11.3 Å². The smallest absolute Gasteiger partial charge is 0.323 e. The van der Waals surface area contributed by atoms with E-state index in [4.69, 9.17) is 5.11 Å². The number of nitrogens with one attached hydrogen (secondary N) is 1. The highest BCUT2D eigenvalue weighted by atomic mass is 32.1. The molecule has 0 saturated carbocycles. The number of aromatic nitrogens is 2. The molecule has 6 nitrogen and oxygen atoms in total. The third-order valence-corrected chi connectivity index (χ3v) is 3.03. The van der Waals surface area contributed by atoms with Gasteiger partial charge in [0.15, 0.2) is 0 Å². The van der Waals surface area contributed by atoms with Crippen molar-refractivity contribution in [3.63, 3.8) is 0 Å². The summed E-state index contributed by atoms with van der Waals surface area (Å²) < 4.78 is 1.39. The number of amides is 1. The number of carboxylic acids is 1. The van der Waals surface area contributed by atoms with Crippen LogP contribution in [0.1, 0.15) is 15.5 Å². The first kappa shape index (κ1) is 12.3. The summed E-state index contributed by atoms with van der Waals surface area (Å²) in [6.45, 7) is 0.113. The van der Waals surface area contributed by atoms with Gasteiger partial charge >= 0.3 is 5.97 Å². The Morgan fingerprint density at radius 3 is 3.00 bits per heavy atom. The van der Waals surface area contributed by atoms with Crippen LogP contribution >= 0.6 is 11.3 Å². The van der Waals surface area contributed by atoms with Crippen LogP contribution in [-0.4, -0.2) is 26.5 Å². The third kappa shape index (κ3) is 2.95. The Labute approximate surface area is 107 Å². The molecule has 0 radical (unpaired) electrons. The second-order valence-electron chi connectivity index (χ2n) is 3.52. The van der Waals surface area contributed by atoms with Crippen molar-refractivity contribution in [3.8, 4) is 0 Å². The van der Waals surface area contributed by atoms with Crippen LogP contribution in [-0.2, 0) is 17.9 Å². The van der Waals surface area contributed by atoms with Gasteiger partial charge in [-0.25, -0.2) is 4.98 Å². The van der Waals surface area contributed by atoms with E-state index in [1.165, 1.54) is 15.9 Å². The zero-order chi connectivity index (χ0) is 13.0. The van der Waals surface area contributed by atoms with Crippen molar-refractivity contribution in [1.82, 2.24) is 14.9 Å². The highest BCUT2D eigenvalue weighted by Crippen LogP contribution is 2.05. The van der Waals surface area contributed by atoms with E-state index in [0.717, 1.165) is 5.01 Å². The molecule has 7 heteroatoms. The molecule has 2 aromatic rings. The molecule has 0 spiro atoms. The predicted molar refractivity (Wildman–Crippen MR) is 65.4 cm³/mol. The molecule has 0 aliphatic rings. The maximum atomic E-state index is 11.9. The van der Waals surface area contributed by atoms with Gasteiger partial charge in [-0.3, -0.25) is 9.59 Å². The lowest BCUT2D eigenvalue weighted by Crippen LogP contribution is -2.26. The first-order valence-corrected chi connectivity index (χ1v) is 6.08. The number of hydrogen-bond acceptors (Lipinski definition) is 4. The molecule has 0 fully saturated rings. The molecule has 0 aliphatic carbocycles. The highest BCUT2D eigenvalue weighted by molar-refractivity contribution is 7.09. The van der Waals surface area contributed by atoms with Gasteiger partial charge in [0.2, 0.25) is 0 Å². The van der Waals surface area contributed by atoms with Gasteiger partial charge in [0.25, 0.3) is 5.91 Å². The molecule has 0 atom stereocenters. The average molecular weight is 265 g/mol. The Bertz CT molecular complexity index is 548. The second kappa shape index (κ2) is 5.46. The van der Waals surface area contributed by atoms with Crippen molar-refractivity contribution < 1.29 is 14.7 Å². The molecule has 0 bridgehead atoms. The van der Waals surface area contributed by atoms with Crippen molar-refractivity contribution >= 4 is 23.2 Å². The zero-order valence-corrected chi connectivity index (χ0v) is 10.2. The first-order valence-electron chi connectivity index (χ1n) is 5.20. The molecule has 2 N–H and O–H groups in total. The van der Waals surface area contributed by atoms with Crippen LogP contribution in [0.15, 0.2) is 29.9 Å². The summed E-state index contributed by atoms with van der Waals surface area (Å²) in [7, 11) is 0. The molecule has 2 heterocycles. The minimum Gasteiger partial charge on any atom is -0.480 e. The Hall–Kier alpha value is -2.15. The summed E-state index contributed by atoms with van der Waals surface area (Å²) >= 11 is 1.45. The summed E-state index contributed by atoms with van der Waals surface area (Å²) in [5.74, 6) is -1.29. The number of rotatable bonds is 5. The van der Waals surface area contributed by atoms with Crippen LogP contribution in [0.4, 0.5) is 0 Å². The highest BCUT2D eigenvalue weighted by Gasteiger charge is 2.12. The third-order valence-electron chi connectivity index (χ3n) is 2.25. The van der Waals surface area contributed by atoms with Crippen LogP contribution in [0, 0.1) is 0 Å². The summed E-state index contributed by atoms with van der Waals surface area (Å²) in [4.78, 5) is 26.5. The second-order valence-corrected chi connectivity index (χ2v) is 4.50. The lowest BCUT2D eigenvalue weighted by molar-refractivity contribution is -0.137. The van der Waals surface area contributed by atoms with E-state index < -0.39 is 5.97 Å². The maximum absolute atomic E-state index is 11.9. The molecule has 94 valence electrons. The quantitative estimate of drug-likeness (QED) is 0.843. The fraction of sp³-hybridized carbons (Fsp3) is 0.182. The van der Waals surface area contributed by atoms with E-state index >= 15 is 0 Å². The molecule has 2 aromatic heterocycles. The standard InChI is InChI=1S/C11H11N3O3S/c15-10(16)7-14-4-1-2-8(14)11(17)13-6-9-12-3-5-18-9/h1-5H,6-7H2,(H,13,17)(H,15,16). The average Bonchev–Trinajstić information content (AvgIpc) is 2.95. The minimum atomic E-state index is -0.986. The summed E-state index contributed by atoms with van der Waals surface area (Å²) in [5, 5.41) is 14.0. The van der Waals surface area contributed by atoms with E-state index in [0.29, 0.717) is 12.2 Å². The lowest BCUT2D eigenvalue weighted by atomic mass is 10.4. The molecular weight excluding hydrogens is 254 g/mol. The SMILES string of the molecule is O=C(O)Cn1cccc1C(=O)NCc1nccs1. The molecule has 0 aromatic carbocycles. The molecule has 2 rings (SSSR count). The van der Waals surface area contributed by atoms with Gasteiger partial charge in [0.05, 0.1) is 6.54 Å². The van der Waals surface area contributed by atoms with E-state index in [1.807, 2.05) is 5.38 Å². The maximum Gasteiger partial charge on any atom is 0.323 e. The van der Waals surface area contributed by atoms with E-state index in [9.17, 15) is 9.59 Å².